The molecule has 0 saturated heterocycles. The quantitative estimate of drug-likeness (QED) is 0.0169. The van der Waals surface area contributed by atoms with Crippen molar-refractivity contribution in [2.24, 2.45) is 0 Å². The summed E-state index contributed by atoms with van der Waals surface area (Å²) in [7, 11) is -10.0. The summed E-state index contributed by atoms with van der Waals surface area (Å²) in [5, 5.41) is 10.7. The molecule has 17 nitrogen and oxygen atoms in total. The first kappa shape index (κ1) is 106. The molecule has 0 radical (unpaired) electrons. The number of unbranched alkanes of at least 4 members (excludes halogenated alkanes) is 20. The lowest BCUT2D eigenvalue weighted by Crippen LogP contribution is -2.30. The van der Waals surface area contributed by atoms with E-state index in [2.05, 4.69) is 204 Å². The van der Waals surface area contributed by atoms with Crippen LogP contribution in [0.3, 0.4) is 0 Å². The van der Waals surface area contributed by atoms with Crippen molar-refractivity contribution in [2.75, 3.05) is 39.6 Å². The van der Waals surface area contributed by atoms with Crippen LogP contribution >= 0.6 is 15.6 Å². The van der Waals surface area contributed by atoms with Gasteiger partial charge in [-0.25, -0.2) is 9.13 Å². The summed E-state index contributed by atoms with van der Waals surface area (Å²) >= 11 is 0. The number of carbonyl (C=O) groups excluding carboxylic acids is 4. The Kier molecular flexibility index (Phi) is 78.4. The van der Waals surface area contributed by atoms with Gasteiger partial charge in [-0.2, -0.15) is 0 Å². The molecule has 0 saturated carbocycles. The van der Waals surface area contributed by atoms with E-state index in [0.29, 0.717) is 32.1 Å². The summed E-state index contributed by atoms with van der Waals surface area (Å²) in [6.45, 7) is 4.37. The number of esters is 4. The third kappa shape index (κ3) is 81.9. The summed E-state index contributed by atoms with van der Waals surface area (Å²) in [6.07, 6.45) is 103. The minimum atomic E-state index is -5.01. The number of phosphoric ester groups is 2. The lowest BCUT2D eigenvalue weighted by atomic mass is 10.1. The second-order valence-corrected chi connectivity index (χ2v) is 30.5. The van der Waals surface area contributed by atoms with Crippen LogP contribution in [0.4, 0.5) is 0 Å². The lowest BCUT2D eigenvalue weighted by Gasteiger charge is -2.21. The minimum Gasteiger partial charge on any atom is -0.462 e. The lowest BCUT2D eigenvalue weighted by molar-refractivity contribution is -0.161. The second-order valence-electron chi connectivity index (χ2n) is 27.6. The van der Waals surface area contributed by atoms with E-state index in [9.17, 15) is 43.2 Å². The first-order chi connectivity index (χ1) is 54.7. The molecule has 5 unspecified atom stereocenters. The Labute approximate surface area is 678 Å². The molecule has 0 aromatic rings. The number of phosphoric acid groups is 2. The average molecular weight is 1600 g/mol. The van der Waals surface area contributed by atoms with E-state index in [1.165, 1.54) is 19.3 Å². The minimum absolute atomic E-state index is 0.0257. The Morgan fingerprint density at radius 1 is 0.259 bits per heavy atom. The summed E-state index contributed by atoms with van der Waals surface area (Å²) in [5.74, 6) is -2.33. The van der Waals surface area contributed by atoms with Crippen molar-refractivity contribution < 1.29 is 80.2 Å². The van der Waals surface area contributed by atoms with Crippen LogP contribution in [0.1, 0.15) is 310 Å². The van der Waals surface area contributed by atoms with Crippen molar-refractivity contribution in [1.82, 2.24) is 0 Å². The molecule has 0 aromatic carbocycles. The fourth-order valence-corrected chi connectivity index (χ4v) is 12.2. The van der Waals surface area contributed by atoms with Crippen LogP contribution in [0, 0.1) is 0 Å². The van der Waals surface area contributed by atoms with Crippen LogP contribution < -0.4 is 0 Å². The molecule has 0 aliphatic carbocycles. The molecule has 3 N–H and O–H groups in total. The maximum Gasteiger partial charge on any atom is 0.472 e. The first-order valence-electron chi connectivity index (χ1n) is 42.7. The zero-order chi connectivity index (χ0) is 81.7. The SMILES string of the molecule is CC/C=C\C/C=C\C/C=C\C/C=C\C/C=C\C/C=C\CCC(=O)OCC(COP(=O)(O)OCC(O)COP(=O)(O)OCC(COC(=O)CCCCCCCC/C=C\C/C=C\C/C=C\C/C=C\CC)OC(=O)CCCCCCC/C=C\C/C=C\C/C=C\CC)OC(=O)CCCCCCCC/C=C\C/C=C\C/C=C\CCCCC. The van der Waals surface area contributed by atoms with Gasteiger partial charge in [-0.1, -0.05) is 306 Å². The molecule has 0 rings (SSSR count). The molecule has 0 aromatic heterocycles. The Morgan fingerprint density at radius 2 is 0.482 bits per heavy atom. The normalized spacial score (nSPS) is 14.7. The highest BCUT2D eigenvalue weighted by Gasteiger charge is 2.30. The topological polar surface area (TPSA) is 237 Å². The Bertz CT molecular complexity index is 2890. The van der Waals surface area contributed by atoms with Gasteiger partial charge in [0, 0.05) is 25.7 Å². The van der Waals surface area contributed by atoms with Crippen LogP contribution in [0.25, 0.3) is 0 Å². The third-order valence-electron chi connectivity index (χ3n) is 17.0. The van der Waals surface area contributed by atoms with Gasteiger partial charge in [0.2, 0.25) is 0 Å². The Hall–Kier alpha value is -6.10. The highest BCUT2D eigenvalue weighted by molar-refractivity contribution is 7.47. The monoisotopic (exact) mass is 1600 g/mol. The smallest absolute Gasteiger partial charge is 0.462 e. The molecule has 19 heteroatoms. The van der Waals surface area contributed by atoms with Gasteiger partial charge in [0.15, 0.2) is 12.2 Å². The maximum absolute atomic E-state index is 13.1. The standard InChI is InChI=1S/C93H150O17P2/c1-5-9-13-17-21-25-29-33-37-40-43-46-50-53-57-61-65-69-73-77-90(95)103-83-88(109-92(97)79-75-71-67-63-59-55-49-36-32-28-24-20-16-12-8-4)85-107-111(99,100)105-81-87(94)82-106-112(101,102)108-86-89(110-93(98)80-76-72-68-64-60-56-52-48-45-42-39-35-31-27-23-19-15-11-7-3)84-104-91(96)78-74-70-66-62-58-54-51-47-44-41-38-34-30-26-22-18-14-10-6-2/h9-10,12-14,16,21-28,33-39,43-49,54,58,66,70,87-89,94H,5-8,11,15,17-20,29-32,40-42,50-53,55-57,59-65,67-69,71-86H2,1-4H3,(H,99,100)(H,101,102)/b13-9-,14-10-,16-12-,25-21-,26-22-,27-23-,28-24-,37-33-,38-34-,39-35-,46-43-,47-44-,48-45-,49-36-,58-54-,70-66-. The molecular formula is C93H150O17P2. The molecular weight excluding hydrogens is 1450 g/mol. The van der Waals surface area contributed by atoms with Gasteiger partial charge >= 0.3 is 39.5 Å². The number of aliphatic hydroxyl groups is 1. The summed E-state index contributed by atoms with van der Waals surface area (Å²) in [6, 6.07) is 0. The highest BCUT2D eigenvalue weighted by Crippen LogP contribution is 2.45. The first-order valence-corrected chi connectivity index (χ1v) is 45.7. The predicted octanol–water partition coefficient (Wildman–Crippen LogP) is 25.7. The van der Waals surface area contributed by atoms with Crippen LogP contribution in [-0.2, 0) is 65.4 Å². The fraction of sp³-hybridized carbons (Fsp3) is 0.613. The van der Waals surface area contributed by atoms with E-state index in [-0.39, 0.29) is 25.7 Å². The molecule has 0 heterocycles. The molecule has 112 heavy (non-hydrogen) atoms. The van der Waals surface area contributed by atoms with Crippen LogP contribution in [0.15, 0.2) is 194 Å². The number of hydrogen-bond acceptors (Lipinski definition) is 15. The van der Waals surface area contributed by atoms with E-state index < -0.39 is 97.5 Å². The van der Waals surface area contributed by atoms with Gasteiger partial charge in [0.05, 0.1) is 26.4 Å². The van der Waals surface area contributed by atoms with E-state index in [4.69, 9.17) is 37.0 Å². The van der Waals surface area contributed by atoms with E-state index in [0.717, 1.165) is 205 Å². The predicted molar refractivity (Wildman–Crippen MR) is 463 cm³/mol. The maximum atomic E-state index is 13.1. The van der Waals surface area contributed by atoms with Gasteiger partial charge in [-0.3, -0.25) is 37.3 Å². The Balaban J connectivity index is 5.50. The number of hydrogen-bond donors (Lipinski definition) is 3. The zero-order valence-corrected chi connectivity index (χ0v) is 71.3. The van der Waals surface area contributed by atoms with Crippen LogP contribution in [-0.4, -0.2) is 96.7 Å². The third-order valence-corrected chi connectivity index (χ3v) is 18.9. The van der Waals surface area contributed by atoms with Crippen molar-refractivity contribution in [3.05, 3.63) is 194 Å². The Morgan fingerprint density at radius 3 is 0.768 bits per heavy atom. The van der Waals surface area contributed by atoms with E-state index in [1.54, 1.807) is 0 Å². The number of ether oxygens (including phenoxy) is 4. The van der Waals surface area contributed by atoms with Gasteiger partial charge in [-0.15, -0.1) is 0 Å². The fourth-order valence-electron chi connectivity index (χ4n) is 10.7. The molecule has 0 aliphatic heterocycles. The second kappa shape index (κ2) is 82.9. The molecule has 634 valence electrons. The van der Waals surface area contributed by atoms with Crippen molar-refractivity contribution in [3.63, 3.8) is 0 Å². The highest BCUT2D eigenvalue weighted by atomic mass is 31.2. The van der Waals surface area contributed by atoms with Crippen molar-refractivity contribution in [3.8, 4) is 0 Å². The van der Waals surface area contributed by atoms with Crippen molar-refractivity contribution in [2.45, 2.75) is 329 Å². The molecule has 5 atom stereocenters. The average Bonchev–Trinajstić information content (AvgIpc) is 0.898. The van der Waals surface area contributed by atoms with E-state index in [1.807, 2.05) is 18.2 Å². The number of allylic oxidation sites excluding steroid dienone is 32. The van der Waals surface area contributed by atoms with Crippen LogP contribution in [0.2, 0.25) is 0 Å². The molecule has 0 amide bonds. The van der Waals surface area contributed by atoms with Gasteiger partial charge in [-0.05, 0) is 173 Å². The van der Waals surface area contributed by atoms with Gasteiger partial charge in [0.1, 0.15) is 19.3 Å². The van der Waals surface area contributed by atoms with Crippen molar-refractivity contribution in [1.29, 1.82) is 0 Å². The number of rotatable bonds is 78. The van der Waals surface area contributed by atoms with Crippen molar-refractivity contribution >= 4 is 39.5 Å². The van der Waals surface area contributed by atoms with E-state index >= 15 is 0 Å². The molecule has 0 fully saturated rings. The van der Waals surface area contributed by atoms with Gasteiger partial charge in [0.25, 0.3) is 0 Å². The number of aliphatic hydroxyl groups excluding tert-OH is 1. The van der Waals surface area contributed by atoms with Crippen LogP contribution in [0.5, 0.6) is 0 Å². The van der Waals surface area contributed by atoms with Gasteiger partial charge < -0.3 is 33.8 Å². The summed E-state index contributed by atoms with van der Waals surface area (Å²) in [4.78, 5) is 73.3. The summed E-state index contributed by atoms with van der Waals surface area (Å²) < 4.78 is 68.7. The number of carbonyl (C=O) groups is 4. The zero-order valence-electron chi connectivity index (χ0n) is 69.5. The molecule has 0 spiro atoms. The largest absolute Gasteiger partial charge is 0.472 e. The summed E-state index contributed by atoms with van der Waals surface area (Å²) in [5.41, 5.74) is 0. The molecule has 0 aliphatic rings. The molecule has 0 bridgehead atoms.